The maximum atomic E-state index is 11.9. The van der Waals surface area contributed by atoms with Crippen molar-refractivity contribution in [3.8, 4) is 0 Å². The average Bonchev–Trinajstić information content (AvgIpc) is 2.26. The smallest absolute Gasteiger partial charge is 0.261 e. The van der Waals surface area contributed by atoms with Crippen LogP contribution >= 0.6 is 0 Å². The van der Waals surface area contributed by atoms with E-state index in [1.807, 2.05) is 12.1 Å². The minimum absolute atomic E-state index is 0.0177. The molecule has 1 aromatic heterocycles. The molecule has 102 valence electrons. The van der Waals surface area contributed by atoms with E-state index in [1.54, 1.807) is 6.07 Å². The molecule has 0 atom stereocenters. The molecule has 18 heavy (non-hydrogen) atoms. The number of rotatable bonds is 6. The molecule has 0 fully saturated rings. The van der Waals surface area contributed by atoms with Gasteiger partial charge in [-0.3, -0.25) is 4.98 Å². The topological polar surface area (TPSA) is 34.1 Å². The van der Waals surface area contributed by atoms with E-state index in [1.165, 1.54) is 0 Å². The van der Waals surface area contributed by atoms with Crippen LogP contribution in [0.4, 0.5) is 8.78 Å². The van der Waals surface area contributed by atoms with Crippen molar-refractivity contribution in [3.63, 3.8) is 0 Å². The van der Waals surface area contributed by atoms with Crippen LogP contribution in [0.3, 0.4) is 0 Å². The number of pyridine rings is 1. The first-order chi connectivity index (χ1) is 8.37. The quantitative estimate of drug-likeness (QED) is 0.852. The first kappa shape index (κ1) is 15.0. The van der Waals surface area contributed by atoms with Gasteiger partial charge in [0.15, 0.2) is 0 Å². The molecule has 0 aromatic carbocycles. The molecule has 1 aromatic rings. The fourth-order valence-electron chi connectivity index (χ4n) is 1.32. The molecule has 0 saturated heterocycles. The van der Waals surface area contributed by atoms with Crippen molar-refractivity contribution in [2.45, 2.75) is 45.9 Å². The summed E-state index contributed by atoms with van der Waals surface area (Å²) >= 11 is 0. The van der Waals surface area contributed by atoms with Crippen molar-refractivity contribution in [2.24, 2.45) is 0 Å². The Morgan fingerprint density at radius 2 is 1.94 bits per heavy atom. The monoisotopic (exact) mass is 258 g/mol. The summed E-state index contributed by atoms with van der Waals surface area (Å²) in [5.41, 5.74) is 1.57. The standard InChI is InChI=1S/C13H20F2N2O/c1-13(2,3)16-7-10-5-4-6-11(17-10)8-18-9-12(14)15/h4-6,12,16H,7-9H2,1-3H3. The van der Waals surface area contributed by atoms with Gasteiger partial charge in [-0.25, -0.2) is 8.78 Å². The van der Waals surface area contributed by atoms with Crippen molar-refractivity contribution in [2.75, 3.05) is 6.61 Å². The third kappa shape index (κ3) is 6.61. The molecular weight excluding hydrogens is 238 g/mol. The van der Waals surface area contributed by atoms with Gasteiger partial charge < -0.3 is 10.1 Å². The summed E-state index contributed by atoms with van der Waals surface area (Å²) in [4.78, 5) is 4.34. The van der Waals surface area contributed by atoms with Crippen LogP contribution in [0.25, 0.3) is 0 Å². The summed E-state index contributed by atoms with van der Waals surface area (Å²) in [6.07, 6.45) is -2.43. The summed E-state index contributed by atoms with van der Waals surface area (Å²) < 4.78 is 28.7. The van der Waals surface area contributed by atoms with Gasteiger partial charge in [-0.2, -0.15) is 0 Å². The molecule has 1 N–H and O–H groups in total. The number of ether oxygens (including phenoxy) is 1. The van der Waals surface area contributed by atoms with Crippen molar-refractivity contribution in [3.05, 3.63) is 29.6 Å². The highest BCUT2D eigenvalue weighted by Gasteiger charge is 2.09. The maximum Gasteiger partial charge on any atom is 0.261 e. The Bertz CT molecular complexity index is 364. The van der Waals surface area contributed by atoms with Crippen LogP contribution in [0, 0.1) is 0 Å². The highest BCUT2D eigenvalue weighted by molar-refractivity contribution is 5.10. The molecule has 0 spiro atoms. The predicted molar refractivity (Wildman–Crippen MR) is 66.5 cm³/mol. The molecule has 0 aliphatic carbocycles. The zero-order chi connectivity index (χ0) is 13.6. The molecule has 0 bridgehead atoms. The molecule has 0 aliphatic rings. The molecule has 5 heteroatoms. The Morgan fingerprint density at radius 1 is 1.28 bits per heavy atom. The second-order valence-corrected chi connectivity index (χ2v) is 5.13. The van der Waals surface area contributed by atoms with E-state index in [0.717, 1.165) is 5.69 Å². The van der Waals surface area contributed by atoms with E-state index in [-0.39, 0.29) is 12.1 Å². The average molecular weight is 258 g/mol. The molecule has 3 nitrogen and oxygen atoms in total. The minimum atomic E-state index is -2.43. The van der Waals surface area contributed by atoms with Gasteiger partial charge in [0.2, 0.25) is 0 Å². The lowest BCUT2D eigenvalue weighted by atomic mass is 10.1. The maximum absolute atomic E-state index is 11.9. The van der Waals surface area contributed by atoms with Crippen LogP contribution in [-0.4, -0.2) is 23.6 Å². The van der Waals surface area contributed by atoms with E-state index < -0.39 is 13.0 Å². The summed E-state index contributed by atoms with van der Waals surface area (Å²) in [6, 6.07) is 5.52. The third-order valence-electron chi connectivity index (χ3n) is 2.16. The van der Waals surface area contributed by atoms with E-state index in [9.17, 15) is 8.78 Å². The number of aromatic nitrogens is 1. The first-order valence-electron chi connectivity index (χ1n) is 5.92. The zero-order valence-electron chi connectivity index (χ0n) is 11.0. The Balaban J connectivity index is 2.46. The highest BCUT2D eigenvalue weighted by Crippen LogP contribution is 2.05. The lowest BCUT2D eigenvalue weighted by molar-refractivity contribution is 0.00878. The lowest BCUT2D eigenvalue weighted by Crippen LogP contribution is -2.35. The summed E-state index contributed by atoms with van der Waals surface area (Å²) in [5, 5.41) is 3.32. The minimum Gasteiger partial charge on any atom is -0.369 e. The molecule has 0 aliphatic heterocycles. The van der Waals surface area contributed by atoms with Crippen LogP contribution in [-0.2, 0) is 17.9 Å². The second kappa shape index (κ2) is 6.75. The Hall–Kier alpha value is -1.07. The Kier molecular flexibility index (Phi) is 5.62. The highest BCUT2D eigenvalue weighted by atomic mass is 19.3. The van der Waals surface area contributed by atoms with Crippen LogP contribution < -0.4 is 5.32 Å². The largest absolute Gasteiger partial charge is 0.369 e. The Morgan fingerprint density at radius 3 is 2.56 bits per heavy atom. The van der Waals surface area contributed by atoms with Crippen molar-refractivity contribution in [1.29, 1.82) is 0 Å². The van der Waals surface area contributed by atoms with E-state index in [0.29, 0.717) is 12.2 Å². The summed E-state index contributed by atoms with van der Waals surface area (Å²) in [6.45, 7) is 6.43. The van der Waals surface area contributed by atoms with Gasteiger partial charge in [0, 0.05) is 12.1 Å². The van der Waals surface area contributed by atoms with Crippen LogP contribution in [0.15, 0.2) is 18.2 Å². The number of nitrogens with zero attached hydrogens (tertiary/aromatic N) is 1. The summed E-state index contributed by atoms with van der Waals surface area (Å²) in [5.74, 6) is 0. The molecule has 1 rings (SSSR count). The fraction of sp³-hybridized carbons (Fsp3) is 0.615. The van der Waals surface area contributed by atoms with Gasteiger partial charge in [-0.1, -0.05) is 6.07 Å². The predicted octanol–water partition coefficient (Wildman–Crippen LogP) is 2.75. The molecule has 0 unspecified atom stereocenters. The van der Waals surface area contributed by atoms with Crippen LogP contribution in [0.5, 0.6) is 0 Å². The van der Waals surface area contributed by atoms with E-state index >= 15 is 0 Å². The number of halogens is 2. The van der Waals surface area contributed by atoms with Crippen molar-refractivity contribution in [1.82, 2.24) is 10.3 Å². The summed E-state index contributed by atoms with van der Waals surface area (Å²) in [7, 11) is 0. The van der Waals surface area contributed by atoms with Gasteiger partial charge in [0.05, 0.1) is 18.0 Å². The van der Waals surface area contributed by atoms with Crippen LogP contribution in [0.1, 0.15) is 32.2 Å². The Labute approximate surface area is 107 Å². The van der Waals surface area contributed by atoms with Crippen LogP contribution in [0.2, 0.25) is 0 Å². The molecule has 1 heterocycles. The van der Waals surface area contributed by atoms with Gasteiger partial charge in [-0.05, 0) is 32.9 Å². The normalized spacial score (nSPS) is 12.1. The van der Waals surface area contributed by atoms with E-state index in [2.05, 4.69) is 31.1 Å². The SMILES string of the molecule is CC(C)(C)NCc1cccc(COCC(F)F)n1. The number of nitrogens with one attached hydrogen (secondary N) is 1. The number of alkyl halides is 2. The third-order valence-corrected chi connectivity index (χ3v) is 2.16. The van der Waals surface area contributed by atoms with Gasteiger partial charge in [-0.15, -0.1) is 0 Å². The van der Waals surface area contributed by atoms with Gasteiger partial charge in [0.25, 0.3) is 6.43 Å². The van der Waals surface area contributed by atoms with Crippen molar-refractivity contribution < 1.29 is 13.5 Å². The zero-order valence-corrected chi connectivity index (χ0v) is 11.0. The fourth-order valence-corrected chi connectivity index (χ4v) is 1.32. The van der Waals surface area contributed by atoms with Gasteiger partial charge >= 0.3 is 0 Å². The van der Waals surface area contributed by atoms with Gasteiger partial charge in [0.1, 0.15) is 6.61 Å². The lowest BCUT2D eigenvalue weighted by Gasteiger charge is -2.20. The van der Waals surface area contributed by atoms with E-state index in [4.69, 9.17) is 4.74 Å². The second-order valence-electron chi connectivity index (χ2n) is 5.13. The first-order valence-corrected chi connectivity index (χ1v) is 5.92. The molecule has 0 amide bonds. The van der Waals surface area contributed by atoms with Crippen molar-refractivity contribution >= 4 is 0 Å². The molecule has 0 saturated carbocycles. The molecular formula is C13H20F2N2O. The number of hydrogen-bond acceptors (Lipinski definition) is 3. The number of hydrogen-bond donors (Lipinski definition) is 1. The molecule has 0 radical (unpaired) electrons.